The summed E-state index contributed by atoms with van der Waals surface area (Å²) in [6.45, 7) is 5.55. The van der Waals surface area contributed by atoms with E-state index < -0.39 is 12.4 Å². The van der Waals surface area contributed by atoms with Crippen LogP contribution in [0.2, 0.25) is 0 Å². The highest BCUT2D eigenvalue weighted by Crippen LogP contribution is 2.39. The van der Waals surface area contributed by atoms with Gasteiger partial charge in [0, 0.05) is 37.7 Å². The maximum atomic E-state index is 11.8. The smallest absolute Gasteiger partial charge is 0.315 e. The van der Waals surface area contributed by atoms with Crippen LogP contribution in [-0.2, 0) is 22.6 Å². The van der Waals surface area contributed by atoms with Crippen LogP contribution in [-0.4, -0.2) is 53.4 Å². The average Bonchev–Trinajstić information content (AvgIpc) is 3.10. The Morgan fingerprint density at radius 2 is 1.59 bits per heavy atom. The molecule has 1 aliphatic heterocycles. The lowest BCUT2D eigenvalue weighted by Crippen LogP contribution is -2.43. The van der Waals surface area contributed by atoms with Gasteiger partial charge >= 0.3 is 6.03 Å². The molecular weight excluding hydrogens is 578 g/mol. The monoisotopic (exact) mass is 623 g/mol. The van der Waals surface area contributed by atoms with Gasteiger partial charge in [-0.1, -0.05) is 97.1 Å². The molecule has 0 unspecified atom stereocenters. The highest BCUT2D eigenvalue weighted by molar-refractivity contribution is 5.73. The van der Waals surface area contributed by atoms with Crippen molar-refractivity contribution in [2.24, 2.45) is 0 Å². The second-order valence-electron chi connectivity index (χ2n) is 11.9. The number of nitrogens with one attached hydrogen (secondary N) is 2. The zero-order valence-corrected chi connectivity index (χ0v) is 26.8. The Bertz CT molecular complexity index is 1530. The summed E-state index contributed by atoms with van der Waals surface area (Å²) in [6, 6.07) is 33.7. The van der Waals surface area contributed by atoms with Crippen molar-refractivity contribution in [3.05, 3.63) is 131 Å². The molecule has 0 radical (unpaired) electrons. The average molecular weight is 624 g/mol. The molecule has 0 aliphatic carbocycles. The SMILES string of the molecule is CCNC(=O)NCc1cccc(-c2ccc([C@H]3O[C@@H](CN(C)[C@@H](C)[C@H](O)c4ccccc4)C[C@@H](c4ccc(CO)cc4)O3)cc2)c1. The van der Waals surface area contributed by atoms with Crippen molar-refractivity contribution in [2.45, 2.75) is 64.1 Å². The number of urea groups is 1. The number of nitrogens with zero attached hydrogens (tertiary/aromatic N) is 1. The molecule has 4 aromatic rings. The molecular formula is C38H45N3O5. The summed E-state index contributed by atoms with van der Waals surface area (Å²) < 4.78 is 13.1. The zero-order valence-electron chi connectivity index (χ0n) is 26.8. The normalized spacial score (nSPS) is 19.4. The second kappa shape index (κ2) is 16.0. The third-order valence-electron chi connectivity index (χ3n) is 8.63. The summed E-state index contributed by atoms with van der Waals surface area (Å²) in [7, 11) is 2.02. The van der Waals surface area contributed by atoms with Gasteiger partial charge in [-0.25, -0.2) is 4.79 Å². The van der Waals surface area contributed by atoms with Gasteiger partial charge in [0.1, 0.15) is 0 Å². The Hall–Kier alpha value is -4.05. The van der Waals surface area contributed by atoms with Gasteiger partial charge in [-0.3, -0.25) is 4.90 Å². The Labute approximate surface area is 272 Å². The van der Waals surface area contributed by atoms with Crippen LogP contribution in [0.4, 0.5) is 4.79 Å². The van der Waals surface area contributed by atoms with E-state index in [2.05, 4.69) is 39.8 Å². The molecule has 0 bridgehead atoms. The van der Waals surface area contributed by atoms with Crippen molar-refractivity contribution < 1.29 is 24.5 Å². The van der Waals surface area contributed by atoms with Gasteiger partial charge < -0.3 is 30.3 Å². The molecule has 5 atom stereocenters. The molecule has 4 aromatic carbocycles. The van der Waals surface area contributed by atoms with Crippen LogP contribution < -0.4 is 10.6 Å². The van der Waals surface area contributed by atoms with Crippen molar-refractivity contribution >= 4 is 6.03 Å². The van der Waals surface area contributed by atoms with Crippen LogP contribution in [0.15, 0.2) is 103 Å². The standard InChI is InChI=1S/C38H45N3O5/c1-4-39-38(44)40-23-28-9-8-12-33(21-28)29-17-19-32(20-18-29)37-45-34(22-35(46-37)30-15-13-27(25-42)14-16-30)24-41(3)26(2)36(43)31-10-6-5-7-11-31/h5-21,26,34-37,42-43H,4,22-25H2,1-3H3,(H2,39,40,44)/t26-,34+,35-,36-,37-/m0/s1. The van der Waals surface area contributed by atoms with Crippen LogP contribution in [0.5, 0.6) is 0 Å². The van der Waals surface area contributed by atoms with Gasteiger partial charge in [-0.05, 0) is 60.3 Å². The number of aliphatic hydroxyl groups is 2. The number of rotatable bonds is 12. The minimum absolute atomic E-state index is 0.00739. The number of hydrogen-bond acceptors (Lipinski definition) is 6. The third-order valence-corrected chi connectivity index (χ3v) is 8.63. The number of hydrogen-bond donors (Lipinski definition) is 4. The summed E-state index contributed by atoms with van der Waals surface area (Å²) in [5, 5.41) is 26.2. The Morgan fingerprint density at radius 1 is 0.870 bits per heavy atom. The molecule has 46 heavy (non-hydrogen) atoms. The fourth-order valence-electron chi connectivity index (χ4n) is 5.79. The molecule has 242 valence electrons. The largest absolute Gasteiger partial charge is 0.392 e. The number of likely N-dealkylation sites (N-methyl/N-ethyl adjacent to an activating group) is 1. The van der Waals surface area contributed by atoms with Crippen LogP contribution in [0.25, 0.3) is 11.1 Å². The Morgan fingerprint density at radius 3 is 2.28 bits per heavy atom. The predicted molar refractivity (Wildman–Crippen MR) is 180 cm³/mol. The first-order valence-corrected chi connectivity index (χ1v) is 16.0. The molecule has 4 N–H and O–H groups in total. The maximum absolute atomic E-state index is 11.8. The van der Waals surface area contributed by atoms with Crippen LogP contribution in [0.1, 0.15) is 66.6 Å². The molecule has 1 fully saturated rings. The van der Waals surface area contributed by atoms with E-state index in [4.69, 9.17) is 9.47 Å². The Kier molecular flexibility index (Phi) is 11.6. The first-order valence-electron chi connectivity index (χ1n) is 16.0. The van der Waals surface area contributed by atoms with E-state index in [1.807, 2.05) is 99.8 Å². The highest BCUT2D eigenvalue weighted by Gasteiger charge is 2.34. The van der Waals surface area contributed by atoms with E-state index in [-0.39, 0.29) is 30.9 Å². The first kappa shape index (κ1) is 33.3. The first-order chi connectivity index (χ1) is 22.3. The molecule has 1 heterocycles. The molecule has 0 spiro atoms. The van der Waals surface area contributed by atoms with E-state index in [9.17, 15) is 15.0 Å². The van der Waals surface area contributed by atoms with Gasteiger partial charge in [0.2, 0.25) is 0 Å². The zero-order chi connectivity index (χ0) is 32.5. The quantitative estimate of drug-likeness (QED) is 0.149. The molecule has 5 rings (SSSR count). The summed E-state index contributed by atoms with van der Waals surface area (Å²) in [5.74, 6) is 0. The molecule has 0 aromatic heterocycles. The summed E-state index contributed by atoms with van der Waals surface area (Å²) in [6.07, 6.45) is -0.897. The predicted octanol–water partition coefficient (Wildman–Crippen LogP) is 6.26. The maximum Gasteiger partial charge on any atom is 0.315 e. The molecule has 1 aliphatic rings. The van der Waals surface area contributed by atoms with Crippen molar-refractivity contribution in [3.8, 4) is 11.1 Å². The summed E-state index contributed by atoms with van der Waals surface area (Å²) >= 11 is 0. The van der Waals surface area contributed by atoms with Crippen molar-refractivity contribution in [2.75, 3.05) is 20.1 Å². The lowest BCUT2D eigenvalue weighted by molar-refractivity contribution is -0.253. The number of aliphatic hydroxyl groups excluding tert-OH is 2. The summed E-state index contributed by atoms with van der Waals surface area (Å²) in [5.41, 5.74) is 6.81. The molecule has 0 saturated carbocycles. The molecule has 1 saturated heterocycles. The number of ether oxygens (including phenoxy) is 2. The summed E-state index contributed by atoms with van der Waals surface area (Å²) in [4.78, 5) is 14.0. The van der Waals surface area contributed by atoms with Crippen LogP contribution in [0, 0.1) is 0 Å². The van der Waals surface area contributed by atoms with Gasteiger partial charge in [0.05, 0.1) is 24.9 Å². The van der Waals surface area contributed by atoms with Gasteiger partial charge in [-0.2, -0.15) is 0 Å². The van der Waals surface area contributed by atoms with E-state index in [1.54, 1.807) is 0 Å². The molecule has 8 nitrogen and oxygen atoms in total. The lowest BCUT2D eigenvalue weighted by Gasteiger charge is -2.39. The minimum Gasteiger partial charge on any atom is -0.392 e. The fraction of sp³-hybridized carbons (Fsp3) is 0.342. The molecule has 2 amide bonds. The fourth-order valence-corrected chi connectivity index (χ4v) is 5.79. The highest BCUT2D eigenvalue weighted by atomic mass is 16.7. The van der Waals surface area contributed by atoms with Crippen molar-refractivity contribution in [1.29, 1.82) is 0 Å². The number of carbonyl (C=O) groups excluding carboxylic acids is 1. The number of benzene rings is 4. The van der Waals surface area contributed by atoms with Crippen molar-refractivity contribution in [3.63, 3.8) is 0 Å². The topological polar surface area (TPSA) is 103 Å². The Balaban J connectivity index is 1.32. The minimum atomic E-state index is -0.626. The number of amides is 2. The van der Waals surface area contributed by atoms with Crippen LogP contribution >= 0.6 is 0 Å². The van der Waals surface area contributed by atoms with Gasteiger partial charge in [0.25, 0.3) is 0 Å². The van der Waals surface area contributed by atoms with E-state index in [0.717, 1.165) is 38.9 Å². The third kappa shape index (κ3) is 8.60. The lowest BCUT2D eigenvalue weighted by atomic mass is 9.98. The van der Waals surface area contributed by atoms with Gasteiger partial charge in [-0.15, -0.1) is 0 Å². The van der Waals surface area contributed by atoms with Crippen molar-refractivity contribution in [1.82, 2.24) is 15.5 Å². The van der Waals surface area contributed by atoms with Crippen LogP contribution in [0.3, 0.4) is 0 Å². The van der Waals surface area contributed by atoms with E-state index >= 15 is 0 Å². The van der Waals surface area contributed by atoms with E-state index in [1.165, 1.54) is 0 Å². The number of carbonyl (C=O) groups is 1. The molecule has 8 heteroatoms. The van der Waals surface area contributed by atoms with Gasteiger partial charge in [0.15, 0.2) is 6.29 Å². The second-order valence-corrected chi connectivity index (χ2v) is 11.9. The van der Waals surface area contributed by atoms with E-state index in [0.29, 0.717) is 26.1 Å².